The lowest BCUT2D eigenvalue weighted by molar-refractivity contribution is -0.126. The molecule has 0 aromatic carbocycles. The van der Waals surface area contributed by atoms with Crippen molar-refractivity contribution in [2.24, 2.45) is 11.7 Å². The Hall–Kier alpha value is -0.610. The van der Waals surface area contributed by atoms with Crippen molar-refractivity contribution >= 4 is 5.91 Å². The van der Waals surface area contributed by atoms with Crippen LogP contribution in [0.1, 0.15) is 57.8 Å². The van der Waals surface area contributed by atoms with Gasteiger partial charge in [0.05, 0.1) is 6.10 Å². The number of nitrogens with two attached hydrogens (primary N) is 1. The van der Waals surface area contributed by atoms with Crippen LogP contribution in [0.25, 0.3) is 0 Å². The molecule has 0 heterocycles. The van der Waals surface area contributed by atoms with Crippen LogP contribution in [0.2, 0.25) is 0 Å². The van der Waals surface area contributed by atoms with E-state index in [1.54, 1.807) is 0 Å². The van der Waals surface area contributed by atoms with Crippen LogP contribution in [0.4, 0.5) is 0 Å². The quantitative estimate of drug-likeness (QED) is 0.737. The minimum Gasteiger partial charge on any atom is -0.378 e. The number of ether oxygens (including phenoxy) is 1. The number of carbonyl (C=O) groups excluding carboxylic acids is 1. The van der Waals surface area contributed by atoms with Crippen LogP contribution in [0, 0.1) is 5.92 Å². The van der Waals surface area contributed by atoms with Gasteiger partial charge in [0.2, 0.25) is 5.91 Å². The van der Waals surface area contributed by atoms with Crippen LogP contribution < -0.4 is 11.1 Å². The lowest BCUT2D eigenvalue weighted by Crippen LogP contribution is -2.58. The number of carbonyl (C=O) groups is 1. The summed E-state index contributed by atoms with van der Waals surface area (Å²) in [7, 11) is 0. The van der Waals surface area contributed by atoms with Crippen molar-refractivity contribution < 1.29 is 9.53 Å². The monoisotopic (exact) mass is 266 g/mol. The Balaban J connectivity index is 1.55. The molecule has 2 unspecified atom stereocenters. The molecule has 3 aliphatic rings. The fraction of sp³-hybridized carbons (Fsp3) is 0.933. The highest BCUT2D eigenvalue weighted by atomic mass is 16.5. The van der Waals surface area contributed by atoms with Gasteiger partial charge in [-0.05, 0) is 57.3 Å². The Labute approximate surface area is 115 Å². The van der Waals surface area contributed by atoms with E-state index < -0.39 is 5.54 Å². The third-order valence-corrected chi connectivity index (χ3v) is 5.17. The molecule has 0 saturated heterocycles. The van der Waals surface area contributed by atoms with Crippen LogP contribution in [-0.2, 0) is 9.53 Å². The number of primary amides is 1. The number of nitrogens with one attached hydrogen (secondary N) is 1. The molecule has 3 fully saturated rings. The maximum absolute atomic E-state index is 12.0. The zero-order chi connectivity index (χ0) is 13.3. The van der Waals surface area contributed by atoms with Gasteiger partial charge < -0.3 is 15.8 Å². The Morgan fingerprint density at radius 3 is 2.58 bits per heavy atom. The molecule has 1 amide bonds. The van der Waals surface area contributed by atoms with Gasteiger partial charge in [0.1, 0.15) is 5.54 Å². The topological polar surface area (TPSA) is 64.4 Å². The van der Waals surface area contributed by atoms with E-state index in [1.807, 2.05) is 0 Å². The van der Waals surface area contributed by atoms with E-state index in [0.717, 1.165) is 32.3 Å². The average molecular weight is 266 g/mol. The minimum absolute atomic E-state index is 0.148. The summed E-state index contributed by atoms with van der Waals surface area (Å²) in [5.74, 6) is 0.219. The molecule has 0 spiro atoms. The summed E-state index contributed by atoms with van der Waals surface area (Å²) in [4.78, 5) is 12.0. The van der Waals surface area contributed by atoms with Gasteiger partial charge in [-0.3, -0.25) is 4.79 Å². The summed E-state index contributed by atoms with van der Waals surface area (Å²) < 4.78 is 5.85. The van der Waals surface area contributed by atoms with Crippen LogP contribution in [0.15, 0.2) is 0 Å². The first kappa shape index (κ1) is 13.4. The molecule has 3 saturated carbocycles. The molecule has 0 aromatic rings. The molecular formula is C15H26N2O2. The first-order valence-electron chi connectivity index (χ1n) is 7.90. The molecule has 3 rings (SSSR count). The van der Waals surface area contributed by atoms with Gasteiger partial charge in [-0.1, -0.05) is 6.42 Å². The number of amides is 1. The third kappa shape index (κ3) is 2.79. The predicted octanol–water partition coefficient (Wildman–Crippen LogP) is 1.72. The van der Waals surface area contributed by atoms with E-state index in [0.29, 0.717) is 18.1 Å². The smallest absolute Gasteiger partial charge is 0.238 e. The van der Waals surface area contributed by atoms with E-state index in [1.165, 1.54) is 32.1 Å². The van der Waals surface area contributed by atoms with Crippen molar-refractivity contribution in [2.75, 3.05) is 6.61 Å². The van der Waals surface area contributed by atoms with E-state index in [9.17, 15) is 4.79 Å². The van der Waals surface area contributed by atoms with Crippen molar-refractivity contribution in [3.8, 4) is 0 Å². The molecule has 0 bridgehead atoms. The van der Waals surface area contributed by atoms with Crippen molar-refractivity contribution in [3.05, 3.63) is 0 Å². The van der Waals surface area contributed by atoms with E-state index >= 15 is 0 Å². The first-order valence-corrected chi connectivity index (χ1v) is 7.90. The predicted molar refractivity (Wildman–Crippen MR) is 73.6 cm³/mol. The second-order valence-corrected chi connectivity index (χ2v) is 6.56. The first-order chi connectivity index (χ1) is 9.21. The van der Waals surface area contributed by atoms with Gasteiger partial charge in [-0.15, -0.1) is 0 Å². The highest BCUT2D eigenvalue weighted by molar-refractivity contribution is 5.85. The maximum atomic E-state index is 12.0. The molecule has 2 atom stereocenters. The summed E-state index contributed by atoms with van der Waals surface area (Å²) in [5, 5.41) is 3.55. The molecule has 0 aromatic heterocycles. The Morgan fingerprint density at radius 1 is 1.21 bits per heavy atom. The lowest BCUT2D eigenvalue weighted by atomic mass is 9.83. The normalized spacial score (nSPS) is 35.3. The van der Waals surface area contributed by atoms with Crippen molar-refractivity contribution in [3.63, 3.8) is 0 Å². The summed E-state index contributed by atoms with van der Waals surface area (Å²) >= 11 is 0. The van der Waals surface area contributed by atoms with E-state index in [4.69, 9.17) is 10.5 Å². The molecule has 4 nitrogen and oxygen atoms in total. The zero-order valence-electron chi connectivity index (χ0n) is 11.7. The molecule has 0 radical (unpaired) electrons. The average Bonchev–Trinajstić information content (AvgIpc) is 3.02. The van der Waals surface area contributed by atoms with Crippen LogP contribution >= 0.6 is 0 Å². The number of hydrogen-bond acceptors (Lipinski definition) is 3. The van der Waals surface area contributed by atoms with Gasteiger partial charge in [-0.2, -0.15) is 0 Å². The molecule has 3 N–H and O–H groups in total. The second kappa shape index (κ2) is 5.41. The fourth-order valence-corrected chi connectivity index (χ4v) is 3.56. The highest BCUT2D eigenvalue weighted by Gasteiger charge is 2.49. The standard InChI is InChI=1S/C15H26N2O2/c16-14(18)15(17-12-6-7-12)9-2-3-11(15)8-10-19-13-4-1-5-13/h11-13,17H,1-10H2,(H2,16,18). The molecule has 3 aliphatic carbocycles. The lowest BCUT2D eigenvalue weighted by Gasteiger charge is -2.34. The molecule has 4 heteroatoms. The van der Waals surface area contributed by atoms with Crippen molar-refractivity contribution in [2.45, 2.75) is 75.5 Å². The SMILES string of the molecule is NC(=O)C1(NC2CC2)CCCC1CCOC1CCC1. The molecule has 108 valence electrons. The van der Waals surface area contributed by atoms with Gasteiger partial charge in [0.25, 0.3) is 0 Å². The van der Waals surface area contributed by atoms with E-state index in [2.05, 4.69) is 5.32 Å². The van der Waals surface area contributed by atoms with Crippen LogP contribution in [0.5, 0.6) is 0 Å². The fourth-order valence-electron chi connectivity index (χ4n) is 3.56. The van der Waals surface area contributed by atoms with Gasteiger partial charge >= 0.3 is 0 Å². The Morgan fingerprint density at radius 2 is 2.00 bits per heavy atom. The molecular weight excluding hydrogens is 240 g/mol. The minimum atomic E-state index is -0.440. The zero-order valence-corrected chi connectivity index (χ0v) is 11.7. The Kier molecular flexibility index (Phi) is 3.81. The Bertz CT molecular complexity index is 339. The number of rotatable bonds is 7. The largest absolute Gasteiger partial charge is 0.378 e. The highest BCUT2D eigenvalue weighted by Crippen LogP contribution is 2.40. The van der Waals surface area contributed by atoms with Gasteiger partial charge in [-0.25, -0.2) is 0 Å². The summed E-state index contributed by atoms with van der Waals surface area (Å²) in [6.07, 6.45) is 10.7. The molecule has 0 aliphatic heterocycles. The van der Waals surface area contributed by atoms with Crippen molar-refractivity contribution in [1.29, 1.82) is 0 Å². The van der Waals surface area contributed by atoms with E-state index in [-0.39, 0.29) is 5.91 Å². The summed E-state index contributed by atoms with van der Waals surface area (Å²) in [6, 6.07) is 0.528. The van der Waals surface area contributed by atoms with Crippen LogP contribution in [-0.4, -0.2) is 30.2 Å². The van der Waals surface area contributed by atoms with Gasteiger partial charge in [0, 0.05) is 12.6 Å². The third-order valence-electron chi connectivity index (χ3n) is 5.17. The van der Waals surface area contributed by atoms with Gasteiger partial charge in [0.15, 0.2) is 0 Å². The summed E-state index contributed by atoms with van der Waals surface area (Å²) in [5.41, 5.74) is 5.29. The second-order valence-electron chi connectivity index (χ2n) is 6.56. The van der Waals surface area contributed by atoms with Crippen LogP contribution in [0.3, 0.4) is 0 Å². The number of hydrogen-bond donors (Lipinski definition) is 2. The van der Waals surface area contributed by atoms with Crippen molar-refractivity contribution in [1.82, 2.24) is 5.32 Å². The maximum Gasteiger partial charge on any atom is 0.238 e. The summed E-state index contributed by atoms with van der Waals surface area (Å²) in [6.45, 7) is 0.788. The molecule has 19 heavy (non-hydrogen) atoms.